The minimum Gasteiger partial charge on any atom is -0.334 e. The number of nitrogens with zero attached hydrogens (tertiary/aromatic N) is 1. The highest BCUT2D eigenvalue weighted by Crippen LogP contribution is 2.39. The Labute approximate surface area is 182 Å². The van der Waals surface area contributed by atoms with Crippen LogP contribution in [0, 0.1) is 0 Å². The monoisotopic (exact) mass is 436 g/mol. The van der Waals surface area contributed by atoms with Gasteiger partial charge >= 0.3 is 6.03 Å². The van der Waals surface area contributed by atoms with E-state index in [1.54, 1.807) is 36.7 Å². The zero-order valence-electron chi connectivity index (χ0n) is 16.9. The molecule has 31 heavy (non-hydrogen) atoms. The van der Waals surface area contributed by atoms with Crippen molar-refractivity contribution >= 4 is 27.4 Å². The summed E-state index contributed by atoms with van der Waals surface area (Å²) in [7, 11) is -3.54. The highest BCUT2D eigenvalue weighted by molar-refractivity contribution is 7.91. The van der Waals surface area contributed by atoms with E-state index < -0.39 is 10.0 Å². The van der Waals surface area contributed by atoms with Crippen molar-refractivity contribution in [3.05, 3.63) is 89.7 Å². The molecule has 1 aromatic heterocycles. The first kappa shape index (κ1) is 20.9. The molecule has 3 N–H and O–H groups in total. The topological polar surface area (TPSA) is 100 Å². The number of anilines is 2. The summed E-state index contributed by atoms with van der Waals surface area (Å²) in [4.78, 5) is 16.0. The third kappa shape index (κ3) is 6.29. The summed E-state index contributed by atoms with van der Waals surface area (Å²) >= 11 is 0. The zero-order chi connectivity index (χ0) is 21.7. The van der Waals surface area contributed by atoms with Crippen molar-refractivity contribution in [2.75, 3.05) is 10.0 Å². The van der Waals surface area contributed by atoms with E-state index >= 15 is 0 Å². The Balaban J connectivity index is 1.28. The van der Waals surface area contributed by atoms with Crippen LogP contribution in [0.1, 0.15) is 35.4 Å². The molecule has 0 aliphatic heterocycles. The number of amides is 2. The second-order valence-corrected chi connectivity index (χ2v) is 9.34. The van der Waals surface area contributed by atoms with Crippen LogP contribution in [0.2, 0.25) is 0 Å². The van der Waals surface area contributed by atoms with Crippen LogP contribution in [0.3, 0.4) is 0 Å². The van der Waals surface area contributed by atoms with Gasteiger partial charge in [-0.1, -0.05) is 24.3 Å². The zero-order valence-corrected chi connectivity index (χ0v) is 17.7. The Morgan fingerprint density at radius 3 is 2.16 bits per heavy atom. The molecule has 1 heterocycles. The van der Waals surface area contributed by atoms with Crippen LogP contribution in [-0.4, -0.2) is 19.4 Å². The summed E-state index contributed by atoms with van der Waals surface area (Å²) in [6.07, 6.45) is 5.77. The minimum absolute atomic E-state index is 0.0879. The standard InChI is InChI=1S/C23H24N4O3S/c28-23(25-15-17-11-13-24-14-12-17)26-21-7-9-22(10-8-21)27-31(29,30)16-18-1-3-19(4-2-18)20-5-6-20/h1-4,7-14,20,27H,5-6,15-16H2,(H2,25,26,28). The summed E-state index contributed by atoms with van der Waals surface area (Å²) in [5.41, 5.74) is 3.98. The Hall–Kier alpha value is -3.39. The number of carbonyl (C=O) groups excluding carboxylic acids is 1. The molecule has 1 fully saturated rings. The third-order valence-electron chi connectivity index (χ3n) is 5.00. The summed E-state index contributed by atoms with van der Waals surface area (Å²) in [5, 5.41) is 5.47. The van der Waals surface area contributed by atoms with E-state index in [4.69, 9.17) is 0 Å². The lowest BCUT2D eigenvalue weighted by atomic mass is 10.1. The Kier molecular flexibility index (Phi) is 6.18. The lowest BCUT2D eigenvalue weighted by Crippen LogP contribution is -2.28. The van der Waals surface area contributed by atoms with Crippen LogP contribution in [0.4, 0.5) is 16.2 Å². The summed E-state index contributed by atoms with van der Waals surface area (Å²) in [5.74, 6) is 0.559. The predicted octanol–water partition coefficient (Wildman–Crippen LogP) is 4.22. The summed E-state index contributed by atoms with van der Waals surface area (Å²) in [6, 6.07) is 17.6. The number of aromatic nitrogens is 1. The molecule has 3 aromatic rings. The van der Waals surface area contributed by atoms with Crippen LogP contribution in [0.25, 0.3) is 0 Å². The minimum atomic E-state index is -3.54. The fourth-order valence-corrected chi connectivity index (χ4v) is 4.42. The van der Waals surface area contributed by atoms with Crippen molar-refractivity contribution in [1.29, 1.82) is 0 Å². The van der Waals surface area contributed by atoms with Gasteiger partial charge in [0, 0.05) is 30.3 Å². The Morgan fingerprint density at radius 2 is 1.52 bits per heavy atom. The van der Waals surface area contributed by atoms with Crippen molar-refractivity contribution in [3.63, 3.8) is 0 Å². The van der Waals surface area contributed by atoms with Gasteiger partial charge in [-0.3, -0.25) is 9.71 Å². The normalized spacial score (nSPS) is 13.4. The number of benzene rings is 2. The van der Waals surface area contributed by atoms with Crippen LogP contribution in [0.5, 0.6) is 0 Å². The number of hydrogen-bond acceptors (Lipinski definition) is 4. The molecule has 7 nitrogen and oxygen atoms in total. The molecule has 0 atom stereocenters. The fourth-order valence-electron chi connectivity index (χ4n) is 3.22. The molecule has 1 aliphatic carbocycles. The van der Waals surface area contributed by atoms with Gasteiger partial charge in [0.25, 0.3) is 0 Å². The molecule has 8 heteroatoms. The van der Waals surface area contributed by atoms with Crippen molar-refractivity contribution in [2.45, 2.75) is 31.1 Å². The van der Waals surface area contributed by atoms with E-state index in [1.807, 2.05) is 36.4 Å². The number of carbonyl (C=O) groups is 1. The molecular formula is C23H24N4O3S. The van der Waals surface area contributed by atoms with E-state index in [0.29, 0.717) is 23.8 Å². The van der Waals surface area contributed by atoms with Crippen molar-refractivity contribution in [3.8, 4) is 0 Å². The number of rotatable bonds is 8. The fraction of sp³-hybridized carbons (Fsp3) is 0.217. The van der Waals surface area contributed by atoms with Gasteiger partial charge in [-0.25, -0.2) is 13.2 Å². The molecule has 2 amide bonds. The van der Waals surface area contributed by atoms with E-state index in [-0.39, 0.29) is 11.8 Å². The number of nitrogens with one attached hydrogen (secondary N) is 3. The first-order valence-corrected chi connectivity index (χ1v) is 11.8. The molecule has 2 aromatic carbocycles. The molecule has 0 spiro atoms. The summed E-state index contributed by atoms with van der Waals surface area (Å²) < 4.78 is 27.6. The van der Waals surface area contributed by atoms with Gasteiger partial charge in [-0.15, -0.1) is 0 Å². The van der Waals surface area contributed by atoms with E-state index in [0.717, 1.165) is 11.1 Å². The van der Waals surface area contributed by atoms with Crippen LogP contribution in [0.15, 0.2) is 73.1 Å². The van der Waals surface area contributed by atoms with Crippen molar-refractivity contribution in [1.82, 2.24) is 10.3 Å². The molecule has 4 rings (SSSR count). The van der Waals surface area contributed by atoms with Gasteiger partial charge in [0.2, 0.25) is 10.0 Å². The first-order valence-electron chi connectivity index (χ1n) is 10.1. The van der Waals surface area contributed by atoms with Gasteiger partial charge in [-0.05, 0) is 71.8 Å². The highest BCUT2D eigenvalue weighted by atomic mass is 32.2. The number of pyridine rings is 1. The number of urea groups is 1. The van der Waals surface area contributed by atoms with E-state index in [2.05, 4.69) is 20.3 Å². The van der Waals surface area contributed by atoms with Gasteiger partial charge in [0.05, 0.1) is 5.75 Å². The van der Waals surface area contributed by atoms with Crippen LogP contribution in [-0.2, 0) is 22.3 Å². The maximum absolute atomic E-state index is 12.5. The van der Waals surface area contributed by atoms with Crippen molar-refractivity contribution < 1.29 is 13.2 Å². The van der Waals surface area contributed by atoms with Crippen LogP contribution < -0.4 is 15.4 Å². The molecule has 0 unspecified atom stereocenters. The van der Waals surface area contributed by atoms with Gasteiger partial charge in [-0.2, -0.15) is 0 Å². The second kappa shape index (κ2) is 9.18. The third-order valence-corrected chi connectivity index (χ3v) is 6.26. The average molecular weight is 437 g/mol. The quantitative estimate of drug-likeness (QED) is 0.492. The lowest BCUT2D eigenvalue weighted by molar-refractivity contribution is 0.251. The Bertz CT molecular complexity index is 1130. The van der Waals surface area contributed by atoms with Crippen LogP contribution >= 0.6 is 0 Å². The van der Waals surface area contributed by atoms with E-state index in [9.17, 15) is 13.2 Å². The molecule has 0 radical (unpaired) electrons. The molecule has 160 valence electrons. The SMILES string of the molecule is O=C(NCc1ccncc1)Nc1ccc(NS(=O)(=O)Cc2ccc(C3CC3)cc2)cc1. The predicted molar refractivity (Wildman–Crippen MR) is 121 cm³/mol. The number of hydrogen-bond donors (Lipinski definition) is 3. The average Bonchev–Trinajstić information content (AvgIpc) is 3.60. The maximum Gasteiger partial charge on any atom is 0.319 e. The second-order valence-electron chi connectivity index (χ2n) is 7.62. The molecule has 0 saturated heterocycles. The molecule has 1 aliphatic rings. The number of sulfonamides is 1. The van der Waals surface area contributed by atoms with E-state index in [1.165, 1.54) is 18.4 Å². The smallest absolute Gasteiger partial charge is 0.319 e. The molecule has 0 bridgehead atoms. The van der Waals surface area contributed by atoms with Gasteiger partial charge < -0.3 is 10.6 Å². The Morgan fingerprint density at radius 1 is 0.871 bits per heavy atom. The largest absolute Gasteiger partial charge is 0.334 e. The lowest BCUT2D eigenvalue weighted by Gasteiger charge is -2.11. The first-order chi connectivity index (χ1) is 15.0. The maximum atomic E-state index is 12.5. The molecular weight excluding hydrogens is 412 g/mol. The van der Waals surface area contributed by atoms with Gasteiger partial charge in [0.1, 0.15) is 0 Å². The van der Waals surface area contributed by atoms with Gasteiger partial charge in [0.15, 0.2) is 0 Å². The highest BCUT2D eigenvalue weighted by Gasteiger charge is 2.23. The molecule has 1 saturated carbocycles. The summed E-state index contributed by atoms with van der Waals surface area (Å²) in [6.45, 7) is 0.383. The van der Waals surface area contributed by atoms with Crippen molar-refractivity contribution in [2.24, 2.45) is 0 Å².